The SMILES string of the molecule is CC(C)N1C=CN(c2cccc(Oc3cccc(N4CN(C(C)C)c5ccccc54)c3)c2)C1. The summed E-state index contributed by atoms with van der Waals surface area (Å²) in [6.07, 6.45) is 4.28. The third kappa shape index (κ3) is 4.23. The van der Waals surface area contributed by atoms with Crippen LogP contribution in [-0.2, 0) is 0 Å². The lowest BCUT2D eigenvalue weighted by molar-refractivity contribution is 0.336. The Morgan fingerprint density at radius 3 is 2.00 bits per heavy atom. The van der Waals surface area contributed by atoms with Crippen molar-refractivity contribution in [2.75, 3.05) is 28.0 Å². The van der Waals surface area contributed by atoms with Gasteiger partial charge in [-0.15, -0.1) is 0 Å². The van der Waals surface area contributed by atoms with Crippen molar-refractivity contribution in [2.45, 2.75) is 39.8 Å². The predicted molar refractivity (Wildman–Crippen MR) is 137 cm³/mol. The van der Waals surface area contributed by atoms with Crippen LogP contribution >= 0.6 is 0 Å². The van der Waals surface area contributed by atoms with Crippen LogP contribution in [0.15, 0.2) is 85.2 Å². The highest BCUT2D eigenvalue weighted by Crippen LogP contribution is 2.42. The van der Waals surface area contributed by atoms with Crippen molar-refractivity contribution >= 4 is 22.7 Å². The van der Waals surface area contributed by atoms with E-state index in [9.17, 15) is 0 Å². The second-order valence-electron chi connectivity index (χ2n) is 9.24. The molecule has 5 nitrogen and oxygen atoms in total. The number of hydrogen-bond acceptors (Lipinski definition) is 5. The molecule has 0 N–H and O–H groups in total. The van der Waals surface area contributed by atoms with Crippen LogP contribution in [0.2, 0.25) is 0 Å². The van der Waals surface area contributed by atoms with E-state index in [4.69, 9.17) is 4.74 Å². The third-order valence-corrected chi connectivity index (χ3v) is 6.33. The average molecular weight is 441 g/mol. The number of anilines is 4. The highest BCUT2D eigenvalue weighted by molar-refractivity contribution is 5.82. The summed E-state index contributed by atoms with van der Waals surface area (Å²) in [4.78, 5) is 9.33. The first-order chi connectivity index (χ1) is 16.0. The van der Waals surface area contributed by atoms with Crippen LogP contribution in [0.3, 0.4) is 0 Å². The van der Waals surface area contributed by atoms with Crippen molar-refractivity contribution in [1.82, 2.24) is 4.90 Å². The molecule has 0 saturated carbocycles. The third-order valence-electron chi connectivity index (χ3n) is 6.33. The molecule has 0 unspecified atom stereocenters. The summed E-state index contributed by atoms with van der Waals surface area (Å²) in [5.41, 5.74) is 4.78. The number of fused-ring (bicyclic) bond motifs is 1. The van der Waals surface area contributed by atoms with E-state index in [1.807, 2.05) is 12.1 Å². The smallest absolute Gasteiger partial charge is 0.129 e. The second kappa shape index (κ2) is 8.74. The summed E-state index contributed by atoms with van der Waals surface area (Å²) in [6.45, 7) is 10.6. The fourth-order valence-corrected chi connectivity index (χ4v) is 4.42. The maximum Gasteiger partial charge on any atom is 0.129 e. The lowest BCUT2D eigenvalue weighted by atomic mass is 10.2. The van der Waals surface area contributed by atoms with Gasteiger partial charge in [-0.05, 0) is 64.1 Å². The van der Waals surface area contributed by atoms with E-state index in [0.717, 1.165) is 36.2 Å². The van der Waals surface area contributed by atoms with Crippen molar-refractivity contribution < 1.29 is 4.74 Å². The summed E-state index contributed by atoms with van der Waals surface area (Å²) in [5.74, 6) is 1.68. The first-order valence-corrected chi connectivity index (χ1v) is 11.7. The van der Waals surface area contributed by atoms with E-state index in [1.165, 1.54) is 11.4 Å². The van der Waals surface area contributed by atoms with Crippen LogP contribution in [0.1, 0.15) is 27.7 Å². The minimum absolute atomic E-state index is 0.435. The molecule has 2 aliphatic heterocycles. The monoisotopic (exact) mass is 440 g/mol. The summed E-state index contributed by atoms with van der Waals surface area (Å²) in [7, 11) is 0. The van der Waals surface area contributed by atoms with E-state index in [0.29, 0.717) is 12.1 Å². The number of nitrogens with zero attached hydrogens (tertiary/aromatic N) is 4. The van der Waals surface area contributed by atoms with E-state index < -0.39 is 0 Å². The second-order valence-corrected chi connectivity index (χ2v) is 9.24. The molecule has 0 amide bonds. The Hall–Kier alpha value is -3.60. The topological polar surface area (TPSA) is 22.2 Å². The number of rotatable bonds is 6. The number of benzene rings is 3. The van der Waals surface area contributed by atoms with Gasteiger partial charge >= 0.3 is 0 Å². The summed E-state index contributed by atoms with van der Waals surface area (Å²) in [5, 5.41) is 0. The van der Waals surface area contributed by atoms with Crippen LogP contribution in [0.25, 0.3) is 0 Å². The molecular weight excluding hydrogens is 408 g/mol. The van der Waals surface area contributed by atoms with Crippen molar-refractivity contribution in [3.8, 4) is 11.5 Å². The van der Waals surface area contributed by atoms with Crippen molar-refractivity contribution in [1.29, 1.82) is 0 Å². The molecule has 5 rings (SSSR count). The van der Waals surface area contributed by atoms with Crippen molar-refractivity contribution in [2.24, 2.45) is 0 Å². The number of ether oxygens (including phenoxy) is 1. The molecular formula is C28H32N4O. The van der Waals surface area contributed by atoms with Crippen LogP contribution in [0.4, 0.5) is 22.7 Å². The zero-order valence-electron chi connectivity index (χ0n) is 19.8. The Morgan fingerprint density at radius 1 is 0.667 bits per heavy atom. The molecule has 3 aromatic carbocycles. The largest absolute Gasteiger partial charge is 0.457 e. The quantitative estimate of drug-likeness (QED) is 0.421. The van der Waals surface area contributed by atoms with Gasteiger partial charge in [-0.1, -0.05) is 24.3 Å². The zero-order valence-corrected chi connectivity index (χ0v) is 19.8. The van der Waals surface area contributed by atoms with Gasteiger partial charge in [-0.2, -0.15) is 0 Å². The minimum Gasteiger partial charge on any atom is -0.457 e. The van der Waals surface area contributed by atoms with Crippen molar-refractivity contribution in [3.05, 3.63) is 85.2 Å². The number of para-hydroxylation sites is 2. The molecule has 0 aliphatic carbocycles. The van der Waals surface area contributed by atoms with Gasteiger partial charge in [0.25, 0.3) is 0 Å². The first-order valence-electron chi connectivity index (χ1n) is 11.7. The van der Waals surface area contributed by atoms with Gasteiger partial charge in [-0.25, -0.2) is 0 Å². The van der Waals surface area contributed by atoms with Crippen LogP contribution < -0.4 is 19.4 Å². The van der Waals surface area contributed by atoms with Gasteiger partial charge in [0.1, 0.15) is 11.5 Å². The molecule has 2 aliphatic rings. The molecule has 0 radical (unpaired) electrons. The van der Waals surface area contributed by atoms with E-state index in [2.05, 4.69) is 120 Å². The Labute approximate surface area is 197 Å². The Kier molecular flexibility index (Phi) is 5.63. The molecule has 0 spiro atoms. The van der Waals surface area contributed by atoms with Gasteiger partial charge < -0.3 is 24.3 Å². The fraction of sp³-hybridized carbons (Fsp3) is 0.286. The maximum absolute atomic E-state index is 6.31. The summed E-state index contributed by atoms with van der Waals surface area (Å²) >= 11 is 0. The molecule has 0 atom stereocenters. The van der Waals surface area contributed by atoms with Gasteiger partial charge in [0, 0.05) is 48.0 Å². The predicted octanol–water partition coefficient (Wildman–Crippen LogP) is 6.76. The Balaban J connectivity index is 1.36. The lowest BCUT2D eigenvalue weighted by Gasteiger charge is -2.25. The van der Waals surface area contributed by atoms with Crippen LogP contribution in [-0.4, -0.2) is 30.3 Å². The van der Waals surface area contributed by atoms with Crippen molar-refractivity contribution in [3.63, 3.8) is 0 Å². The Morgan fingerprint density at radius 2 is 1.33 bits per heavy atom. The highest BCUT2D eigenvalue weighted by Gasteiger charge is 2.28. The molecule has 5 heteroatoms. The van der Waals surface area contributed by atoms with Gasteiger partial charge in [0.05, 0.1) is 24.7 Å². The van der Waals surface area contributed by atoms with Gasteiger partial charge in [0.2, 0.25) is 0 Å². The molecule has 0 bridgehead atoms. The van der Waals surface area contributed by atoms with Crippen LogP contribution in [0, 0.1) is 0 Å². The molecule has 0 saturated heterocycles. The molecule has 33 heavy (non-hydrogen) atoms. The molecule has 2 heterocycles. The first kappa shape index (κ1) is 21.3. The highest BCUT2D eigenvalue weighted by atomic mass is 16.5. The van der Waals surface area contributed by atoms with E-state index in [-0.39, 0.29) is 0 Å². The molecule has 0 aromatic heterocycles. The van der Waals surface area contributed by atoms with E-state index >= 15 is 0 Å². The van der Waals surface area contributed by atoms with E-state index in [1.54, 1.807) is 0 Å². The normalized spacial score (nSPS) is 15.2. The summed E-state index contributed by atoms with van der Waals surface area (Å²) < 4.78 is 6.31. The maximum atomic E-state index is 6.31. The molecule has 3 aromatic rings. The lowest BCUT2D eigenvalue weighted by Crippen LogP contribution is -2.33. The fourth-order valence-electron chi connectivity index (χ4n) is 4.42. The molecule has 0 fully saturated rings. The standard InChI is InChI=1S/C28H32N4O/c1-21(2)29-15-16-30(19-29)23-9-7-11-25(17-23)33-26-12-8-10-24(18-26)32-20-31(22(3)4)27-13-5-6-14-28(27)32/h5-18,21-22H,19-20H2,1-4H3. The summed E-state index contributed by atoms with van der Waals surface area (Å²) in [6, 6.07) is 26.2. The van der Waals surface area contributed by atoms with Gasteiger partial charge in [-0.3, -0.25) is 0 Å². The zero-order chi connectivity index (χ0) is 22.9. The minimum atomic E-state index is 0.435. The van der Waals surface area contributed by atoms with Gasteiger partial charge in [0.15, 0.2) is 0 Å². The number of hydrogen-bond donors (Lipinski definition) is 0. The Bertz CT molecular complexity index is 1160. The average Bonchev–Trinajstić information content (AvgIpc) is 3.45. The molecule has 170 valence electrons. The van der Waals surface area contributed by atoms with Crippen LogP contribution in [0.5, 0.6) is 11.5 Å².